The number of hydrogen-bond donors (Lipinski definition) is 1. The van der Waals surface area contributed by atoms with Crippen LogP contribution in [0.25, 0.3) is 5.69 Å². The lowest BCUT2D eigenvalue weighted by molar-refractivity contribution is -0.116. The van der Waals surface area contributed by atoms with Gasteiger partial charge in [0.15, 0.2) is 0 Å². The van der Waals surface area contributed by atoms with Crippen LogP contribution in [0.15, 0.2) is 24.5 Å². The second-order valence-corrected chi connectivity index (χ2v) is 6.10. The molecule has 1 heterocycles. The highest BCUT2D eigenvalue weighted by Gasteiger charge is 2.11. The number of carbonyl (C=O) groups excluding carboxylic acids is 1. The third-order valence-corrected chi connectivity index (χ3v) is 3.60. The summed E-state index contributed by atoms with van der Waals surface area (Å²) in [6, 6.07) is 5.37. The van der Waals surface area contributed by atoms with Gasteiger partial charge < -0.3 is 15.0 Å². The predicted molar refractivity (Wildman–Crippen MR) is 91.3 cm³/mol. The van der Waals surface area contributed by atoms with Gasteiger partial charge in [-0.25, -0.2) is 0 Å². The Labute approximate surface area is 141 Å². The monoisotopic (exact) mass is 332 g/mol. The average Bonchev–Trinajstić information content (AvgIpc) is 3.06. The highest BCUT2D eigenvalue weighted by molar-refractivity contribution is 5.91. The smallest absolute Gasteiger partial charge is 0.224 e. The first-order valence-corrected chi connectivity index (χ1v) is 7.85. The molecule has 1 unspecified atom stereocenters. The van der Waals surface area contributed by atoms with E-state index in [4.69, 9.17) is 4.74 Å². The number of carbonyl (C=O) groups is 1. The Morgan fingerprint density at radius 2 is 2.21 bits per heavy atom. The van der Waals surface area contributed by atoms with Crippen LogP contribution in [0.1, 0.15) is 19.8 Å². The van der Waals surface area contributed by atoms with Gasteiger partial charge in [-0.1, -0.05) is 6.92 Å². The van der Waals surface area contributed by atoms with Crippen molar-refractivity contribution in [3.63, 3.8) is 0 Å². The van der Waals surface area contributed by atoms with Gasteiger partial charge in [-0.3, -0.25) is 4.79 Å². The molecular weight excluding hydrogens is 308 g/mol. The zero-order chi connectivity index (χ0) is 17.5. The van der Waals surface area contributed by atoms with Crippen LogP contribution >= 0.6 is 0 Å². The van der Waals surface area contributed by atoms with Crippen molar-refractivity contribution >= 4 is 11.6 Å². The van der Waals surface area contributed by atoms with Crippen molar-refractivity contribution in [3.8, 4) is 11.4 Å². The normalized spacial score (nSPS) is 12.2. The summed E-state index contributed by atoms with van der Waals surface area (Å²) in [5, 5.41) is 14.0. The first-order chi connectivity index (χ1) is 11.5. The van der Waals surface area contributed by atoms with Crippen molar-refractivity contribution in [2.75, 3.05) is 33.1 Å². The standard InChI is InChI=1S/C16H24N6O2/c1-12(10-21(2)3)5-8-16(23)18-13-6-7-15(24-4)14(9-13)22-11-17-19-20-22/h6-7,9,11-12H,5,8,10H2,1-4H3,(H,18,23). The number of methoxy groups -OCH3 is 1. The van der Waals surface area contributed by atoms with Crippen LogP contribution in [-0.4, -0.2) is 58.8 Å². The Balaban J connectivity index is 2.00. The number of nitrogens with one attached hydrogen (secondary N) is 1. The van der Waals surface area contributed by atoms with Crippen LogP contribution in [-0.2, 0) is 4.79 Å². The summed E-state index contributed by atoms with van der Waals surface area (Å²) in [6.07, 6.45) is 2.81. The summed E-state index contributed by atoms with van der Waals surface area (Å²) in [5.41, 5.74) is 1.35. The van der Waals surface area contributed by atoms with Crippen LogP contribution in [0.4, 0.5) is 5.69 Å². The number of anilines is 1. The predicted octanol–water partition coefficient (Wildman–Crippen LogP) is 1.59. The van der Waals surface area contributed by atoms with Crippen molar-refractivity contribution in [3.05, 3.63) is 24.5 Å². The third-order valence-electron chi connectivity index (χ3n) is 3.60. The minimum Gasteiger partial charge on any atom is -0.494 e. The lowest BCUT2D eigenvalue weighted by Crippen LogP contribution is -2.21. The highest BCUT2D eigenvalue weighted by atomic mass is 16.5. The van der Waals surface area contributed by atoms with Gasteiger partial charge in [0, 0.05) is 18.7 Å². The van der Waals surface area contributed by atoms with E-state index in [1.807, 2.05) is 14.1 Å². The molecule has 24 heavy (non-hydrogen) atoms. The van der Waals surface area contributed by atoms with E-state index >= 15 is 0 Å². The van der Waals surface area contributed by atoms with Crippen molar-refractivity contribution in [2.24, 2.45) is 5.92 Å². The minimum atomic E-state index is -0.00608. The number of amides is 1. The molecule has 0 fully saturated rings. The lowest BCUT2D eigenvalue weighted by atomic mass is 10.1. The SMILES string of the molecule is COc1ccc(NC(=O)CCC(C)CN(C)C)cc1-n1cnnn1. The molecule has 1 aromatic heterocycles. The van der Waals surface area contributed by atoms with E-state index in [9.17, 15) is 4.79 Å². The molecule has 0 saturated heterocycles. The number of ether oxygens (including phenoxy) is 1. The molecule has 0 aliphatic heterocycles. The van der Waals surface area contributed by atoms with Gasteiger partial charge in [0.2, 0.25) is 5.91 Å². The first kappa shape index (κ1) is 17.9. The number of hydrogen-bond acceptors (Lipinski definition) is 6. The average molecular weight is 332 g/mol. The molecular formula is C16H24N6O2. The number of nitrogens with zero attached hydrogens (tertiary/aromatic N) is 5. The Hall–Kier alpha value is -2.48. The molecule has 0 bridgehead atoms. The molecule has 2 aromatic rings. The van der Waals surface area contributed by atoms with E-state index in [-0.39, 0.29) is 5.91 Å². The summed E-state index contributed by atoms with van der Waals surface area (Å²) in [7, 11) is 5.65. The highest BCUT2D eigenvalue weighted by Crippen LogP contribution is 2.25. The summed E-state index contributed by atoms with van der Waals surface area (Å²) in [4.78, 5) is 14.3. The largest absolute Gasteiger partial charge is 0.494 e. The quantitative estimate of drug-likeness (QED) is 0.790. The second kappa shape index (κ2) is 8.39. The number of aromatic nitrogens is 4. The van der Waals surface area contributed by atoms with Crippen molar-refractivity contribution in [2.45, 2.75) is 19.8 Å². The Kier molecular flexibility index (Phi) is 6.25. The van der Waals surface area contributed by atoms with Crippen LogP contribution in [0.2, 0.25) is 0 Å². The summed E-state index contributed by atoms with van der Waals surface area (Å²) < 4.78 is 6.80. The number of rotatable bonds is 8. The summed E-state index contributed by atoms with van der Waals surface area (Å²) in [6.45, 7) is 3.12. The Morgan fingerprint density at radius 3 is 2.83 bits per heavy atom. The molecule has 1 N–H and O–H groups in total. The fourth-order valence-corrected chi connectivity index (χ4v) is 2.53. The summed E-state index contributed by atoms with van der Waals surface area (Å²) in [5.74, 6) is 1.09. The maximum absolute atomic E-state index is 12.2. The number of tetrazole rings is 1. The van der Waals surface area contributed by atoms with E-state index in [1.54, 1.807) is 25.3 Å². The maximum Gasteiger partial charge on any atom is 0.224 e. The van der Waals surface area contributed by atoms with Gasteiger partial charge in [0.05, 0.1) is 7.11 Å². The van der Waals surface area contributed by atoms with Gasteiger partial charge in [0.1, 0.15) is 17.8 Å². The second-order valence-electron chi connectivity index (χ2n) is 6.10. The molecule has 0 aliphatic rings. The van der Waals surface area contributed by atoms with E-state index in [2.05, 4.69) is 32.7 Å². The molecule has 2 rings (SSSR count). The zero-order valence-electron chi connectivity index (χ0n) is 14.6. The van der Waals surface area contributed by atoms with E-state index in [1.165, 1.54) is 11.0 Å². The maximum atomic E-state index is 12.2. The molecule has 0 saturated carbocycles. The molecule has 8 nitrogen and oxygen atoms in total. The molecule has 1 amide bonds. The van der Waals surface area contributed by atoms with Gasteiger partial charge in [-0.15, -0.1) is 5.10 Å². The van der Waals surface area contributed by atoms with Crippen molar-refractivity contribution in [1.82, 2.24) is 25.1 Å². The number of benzene rings is 1. The minimum absolute atomic E-state index is 0.00608. The van der Waals surface area contributed by atoms with Crippen LogP contribution < -0.4 is 10.1 Å². The van der Waals surface area contributed by atoms with E-state index in [0.717, 1.165) is 13.0 Å². The molecule has 1 atom stereocenters. The molecule has 8 heteroatoms. The van der Waals surface area contributed by atoms with Crippen molar-refractivity contribution < 1.29 is 9.53 Å². The lowest BCUT2D eigenvalue weighted by Gasteiger charge is -2.16. The fraction of sp³-hybridized carbons (Fsp3) is 0.500. The molecule has 0 radical (unpaired) electrons. The molecule has 0 aliphatic carbocycles. The van der Waals surface area contributed by atoms with E-state index in [0.29, 0.717) is 29.5 Å². The summed E-state index contributed by atoms with van der Waals surface area (Å²) >= 11 is 0. The topological polar surface area (TPSA) is 85.2 Å². The van der Waals surface area contributed by atoms with Crippen LogP contribution in [0.3, 0.4) is 0 Å². The van der Waals surface area contributed by atoms with Gasteiger partial charge in [-0.05, 0) is 55.1 Å². The van der Waals surface area contributed by atoms with Gasteiger partial charge in [-0.2, -0.15) is 4.68 Å². The molecule has 0 spiro atoms. The van der Waals surface area contributed by atoms with Gasteiger partial charge >= 0.3 is 0 Å². The third kappa shape index (κ3) is 5.02. The Morgan fingerprint density at radius 1 is 1.42 bits per heavy atom. The van der Waals surface area contributed by atoms with Crippen LogP contribution in [0, 0.1) is 5.92 Å². The first-order valence-electron chi connectivity index (χ1n) is 7.85. The molecule has 1 aromatic carbocycles. The Bertz CT molecular complexity index is 657. The van der Waals surface area contributed by atoms with Gasteiger partial charge in [0.25, 0.3) is 0 Å². The van der Waals surface area contributed by atoms with E-state index < -0.39 is 0 Å². The zero-order valence-corrected chi connectivity index (χ0v) is 14.6. The fourth-order valence-electron chi connectivity index (χ4n) is 2.53. The van der Waals surface area contributed by atoms with Crippen LogP contribution in [0.5, 0.6) is 5.75 Å². The van der Waals surface area contributed by atoms with Crippen molar-refractivity contribution in [1.29, 1.82) is 0 Å². The molecule has 130 valence electrons.